The molecule has 0 amide bonds. The van der Waals surface area contributed by atoms with E-state index in [0.717, 1.165) is 33.3 Å². The SMILES string of the molecule is COc1c(OC)c(OC)c2c(-c3ccccc3)c(-c3ccccc3)[nH]c2c1C=Nc1ccc([N+](=O)[O-])cc1. The van der Waals surface area contributed by atoms with E-state index in [-0.39, 0.29) is 5.69 Å². The van der Waals surface area contributed by atoms with E-state index in [4.69, 9.17) is 14.2 Å². The first-order valence-corrected chi connectivity index (χ1v) is 11.8. The Balaban J connectivity index is 1.84. The molecule has 38 heavy (non-hydrogen) atoms. The van der Waals surface area contributed by atoms with Crippen LogP contribution in [0.15, 0.2) is 89.9 Å². The quantitative estimate of drug-likeness (QED) is 0.136. The summed E-state index contributed by atoms with van der Waals surface area (Å²) in [6.07, 6.45) is 1.67. The molecule has 0 unspecified atom stereocenters. The van der Waals surface area contributed by atoms with E-state index in [1.165, 1.54) is 12.1 Å². The molecule has 0 atom stereocenters. The van der Waals surface area contributed by atoms with Gasteiger partial charge in [-0.05, 0) is 23.3 Å². The van der Waals surface area contributed by atoms with E-state index in [0.29, 0.717) is 28.5 Å². The van der Waals surface area contributed by atoms with E-state index in [2.05, 4.69) is 22.1 Å². The second-order valence-corrected chi connectivity index (χ2v) is 8.40. The molecule has 8 heteroatoms. The first-order valence-electron chi connectivity index (χ1n) is 11.8. The normalized spacial score (nSPS) is 11.1. The summed E-state index contributed by atoms with van der Waals surface area (Å²) >= 11 is 0. The van der Waals surface area contributed by atoms with Crippen LogP contribution in [0.3, 0.4) is 0 Å². The number of fused-ring (bicyclic) bond motifs is 1. The van der Waals surface area contributed by atoms with E-state index < -0.39 is 4.92 Å². The molecule has 0 spiro atoms. The highest BCUT2D eigenvalue weighted by atomic mass is 16.6. The lowest BCUT2D eigenvalue weighted by Crippen LogP contribution is -2.00. The van der Waals surface area contributed by atoms with E-state index >= 15 is 0 Å². The second-order valence-electron chi connectivity index (χ2n) is 8.40. The molecule has 0 aliphatic rings. The number of nitrogens with zero attached hydrogens (tertiary/aromatic N) is 2. The van der Waals surface area contributed by atoms with E-state index in [1.807, 2.05) is 48.5 Å². The molecular formula is C30H25N3O5. The molecule has 8 nitrogen and oxygen atoms in total. The molecule has 0 radical (unpaired) electrons. The third-order valence-corrected chi connectivity index (χ3v) is 6.29. The van der Waals surface area contributed by atoms with Gasteiger partial charge in [-0.25, -0.2) is 0 Å². The van der Waals surface area contributed by atoms with Crippen molar-refractivity contribution in [1.82, 2.24) is 4.98 Å². The maximum absolute atomic E-state index is 11.0. The number of aliphatic imine (C=N–C) groups is 1. The monoisotopic (exact) mass is 507 g/mol. The standard InChI is InChI=1S/C30H25N3O5/c1-36-28-23(18-31-21-14-16-22(17-15-21)33(34)35)27-25(29(37-2)30(28)38-3)24(19-10-6-4-7-11-19)26(32-27)20-12-8-5-9-13-20/h4-18,32H,1-3H3. The highest BCUT2D eigenvalue weighted by molar-refractivity contribution is 6.15. The summed E-state index contributed by atoms with van der Waals surface area (Å²) in [6, 6.07) is 26.1. The Kier molecular flexibility index (Phi) is 6.78. The lowest BCUT2D eigenvalue weighted by atomic mass is 9.96. The molecule has 0 aliphatic carbocycles. The first-order chi connectivity index (χ1) is 18.6. The fourth-order valence-corrected chi connectivity index (χ4v) is 4.60. The van der Waals surface area contributed by atoms with Crippen LogP contribution in [0.1, 0.15) is 5.56 Å². The second kappa shape index (κ2) is 10.5. The van der Waals surface area contributed by atoms with Crippen molar-refractivity contribution in [3.8, 4) is 39.6 Å². The van der Waals surface area contributed by atoms with Crippen LogP contribution in [0.5, 0.6) is 17.2 Å². The fraction of sp³-hybridized carbons (Fsp3) is 0.100. The Bertz CT molecular complexity index is 1630. The van der Waals surface area contributed by atoms with Gasteiger partial charge in [-0.15, -0.1) is 0 Å². The van der Waals surface area contributed by atoms with Gasteiger partial charge in [0, 0.05) is 23.9 Å². The number of aromatic amines is 1. The van der Waals surface area contributed by atoms with Gasteiger partial charge in [-0.2, -0.15) is 0 Å². The molecule has 1 N–H and O–H groups in total. The predicted octanol–water partition coefficient (Wildman–Crippen LogP) is 7.19. The van der Waals surface area contributed by atoms with Crippen LogP contribution >= 0.6 is 0 Å². The number of hydrogen-bond acceptors (Lipinski definition) is 6. The summed E-state index contributed by atoms with van der Waals surface area (Å²) in [4.78, 5) is 18.8. The van der Waals surface area contributed by atoms with Crippen LogP contribution < -0.4 is 14.2 Å². The van der Waals surface area contributed by atoms with Crippen molar-refractivity contribution < 1.29 is 19.1 Å². The maximum atomic E-state index is 11.0. The topological polar surface area (TPSA) is 99.0 Å². The van der Waals surface area contributed by atoms with Crippen molar-refractivity contribution in [3.05, 3.63) is 101 Å². The van der Waals surface area contributed by atoms with Crippen molar-refractivity contribution in [3.63, 3.8) is 0 Å². The molecule has 0 bridgehead atoms. The molecule has 5 aromatic rings. The van der Waals surface area contributed by atoms with Crippen molar-refractivity contribution >= 4 is 28.5 Å². The number of benzene rings is 4. The Morgan fingerprint density at radius 1 is 0.763 bits per heavy atom. The number of methoxy groups -OCH3 is 3. The van der Waals surface area contributed by atoms with Gasteiger partial charge in [-0.3, -0.25) is 15.1 Å². The summed E-state index contributed by atoms with van der Waals surface area (Å²) < 4.78 is 17.5. The Hall–Kier alpha value is -5.11. The van der Waals surface area contributed by atoms with Gasteiger partial charge in [0.05, 0.1) is 54.1 Å². The molecule has 0 aliphatic heterocycles. The van der Waals surface area contributed by atoms with Crippen LogP contribution in [0, 0.1) is 10.1 Å². The Labute approximate surface area is 219 Å². The summed E-state index contributed by atoms with van der Waals surface area (Å²) in [6.45, 7) is 0. The lowest BCUT2D eigenvalue weighted by Gasteiger charge is -2.17. The van der Waals surface area contributed by atoms with Gasteiger partial charge in [0.1, 0.15) is 0 Å². The highest BCUT2D eigenvalue weighted by Gasteiger charge is 2.28. The smallest absolute Gasteiger partial charge is 0.269 e. The minimum atomic E-state index is -0.441. The van der Waals surface area contributed by atoms with Crippen LogP contribution in [0.25, 0.3) is 33.3 Å². The van der Waals surface area contributed by atoms with Crippen molar-refractivity contribution in [2.45, 2.75) is 0 Å². The number of nitro groups is 1. The highest BCUT2D eigenvalue weighted by Crippen LogP contribution is 2.51. The third-order valence-electron chi connectivity index (χ3n) is 6.29. The number of non-ortho nitro benzene ring substituents is 1. The van der Waals surface area contributed by atoms with Crippen molar-refractivity contribution in [1.29, 1.82) is 0 Å². The first kappa shape index (κ1) is 24.6. The van der Waals surface area contributed by atoms with Gasteiger partial charge in [0.2, 0.25) is 5.75 Å². The molecule has 190 valence electrons. The van der Waals surface area contributed by atoms with Crippen molar-refractivity contribution in [2.75, 3.05) is 21.3 Å². The number of nitro benzene ring substituents is 1. The van der Waals surface area contributed by atoms with Gasteiger partial charge < -0.3 is 19.2 Å². The Morgan fingerprint density at radius 2 is 1.34 bits per heavy atom. The zero-order valence-electron chi connectivity index (χ0n) is 21.1. The fourth-order valence-electron chi connectivity index (χ4n) is 4.60. The summed E-state index contributed by atoms with van der Waals surface area (Å²) in [5.41, 5.74) is 5.82. The molecular weight excluding hydrogens is 482 g/mol. The van der Waals surface area contributed by atoms with E-state index in [9.17, 15) is 10.1 Å². The number of ether oxygens (including phenoxy) is 3. The Morgan fingerprint density at radius 3 is 1.89 bits per heavy atom. The minimum absolute atomic E-state index is 0.000545. The summed E-state index contributed by atoms with van der Waals surface area (Å²) in [5, 5.41) is 11.9. The third kappa shape index (κ3) is 4.32. The van der Waals surface area contributed by atoms with Gasteiger partial charge in [-0.1, -0.05) is 60.7 Å². The zero-order chi connectivity index (χ0) is 26.6. The number of nitrogens with one attached hydrogen (secondary N) is 1. The van der Waals surface area contributed by atoms with Gasteiger partial charge in [0.25, 0.3) is 5.69 Å². The number of hydrogen-bond donors (Lipinski definition) is 1. The van der Waals surface area contributed by atoms with Gasteiger partial charge in [0.15, 0.2) is 11.5 Å². The molecule has 4 aromatic carbocycles. The molecule has 1 heterocycles. The molecule has 0 saturated carbocycles. The van der Waals surface area contributed by atoms with Crippen LogP contribution in [0.2, 0.25) is 0 Å². The average Bonchev–Trinajstić information content (AvgIpc) is 3.36. The molecule has 0 fully saturated rings. The average molecular weight is 508 g/mol. The lowest BCUT2D eigenvalue weighted by molar-refractivity contribution is -0.384. The zero-order valence-corrected chi connectivity index (χ0v) is 21.1. The number of aromatic nitrogens is 1. The van der Waals surface area contributed by atoms with E-state index in [1.54, 1.807) is 39.7 Å². The number of rotatable bonds is 8. The molecule has 5 rings (SSSR count). The minimum Gasteiger partial charge on any atom is -0.492 e. The van der Waals surface area contributed by atoms with Crippen LogP contribution in [0.4, 0.5) is 11.4 Å². The molecule has 0 saturated heterocycles. The predicted molar refractivity (Wildman–Crippen MR) is 149 cm³/mol. The van der Waals surface area contributed by atoms with Gasteiger partial charge >= 0.3 is 0 Å². The van der Waals surface area contributed by atoms with Crippen molar-refractivity contribution in [2.24, 2.45) is 4.99 Å². The number of H-pyrrole nitrogens is 1. The van der Waals surface area contributed by atoms with Crippen LogP contribution in [-0.4, -0.2) is 37.5 Å². The molecule has 1 aromatic heterocycles. The largest absolute Gasteiger partial charge is 0.492 e. The van der Waals surface area contributed by atoms with Crippen LogP contribution in [-0.2, 0) is 0 Å². The maximum Gasteiger partial charge on any atom is 0.269 e. The summed E-state index contributed by atoms with van der Waals surface area (Å²) in [5.74, 6) is 1.41. The summed E-state index contributed by atoms with van der Waals surface area (Å²) in [7, 11) is 4.73.